The van der Waals surface area contributed by atoms with Gasteiger partial charge in [-0.1, -0.05) is 42.5 Å². The summed E-state index contributed by atoms with van der Waals surface area (Å²) in [5.74, 6) is -0.921. The molecule has 0 bridgehead atoms. The first-order chi connectivity index (χ1) is 12.9. The number of carbonyl (C=O) groups is 2. The fourth-order valence-electron chi connectivity index (χ4n) is 2.61. The number of carbonyl (C=O) groups excluding carboxylic acids is 2. The molecule has 138 valence electrons. The summed E-state index contributed by atoms with van der Waals surface area (Å²) in [6.07, 6.45) is 0. The third-order valence-corrected chi connectivity index (χ3v) is 4.92. The fourth-order valence-corrected chi connectivity index (χ4v) is 3.45. The Hall–Kier alpha value is -2.99. The molecule has 0 aliphatic heterocycles. The molecule has 1 amide bonds. The topological polar surface area (TPSA) is 68.3 Å². The van der Waals surface area contributed by atoms with Gasteiger partial charge in [-0.15, -0.1) is 11.3 Å². The maximum atomic E-state index is 12.5. The number of benzene rings is 2. The molecule has 1 N–H and O–H groups in total. The van der Waals surface area contributed by atoms with Gasteiger partial charge in [0, 0.05) is 11.3 Å². The van der Waals surface area contributed by atoms with E-state index in [2.05, 4.69) is 10.3 Å². The predicted molar refractivity (Wildman–Crippen MR) is 107 cm³/mol. The number of thiazole rings is 1. The molecule has 0 saturated carbocycles. The molecule has 3 rings (SSSR count). The molecular weight excluding hydrogens is 360 g/mol. The average Bonchev–Trinajstić information content (AvgIpc) is 3.05. The monoisotopic (exact) mass is 380 g/mol. The zero-order chi connectivity index (χ0) is 19.4. The summed E-state index contributed by atoms with van der Waals surface area (Å²) in [4.78, 5) is 29.5. The smallest absolute Gasteiger partial charge is 0.351 e. The number of hydrogen-bond acceptors (Lipinski definition) is 5. The number of amides is 1. The molecule has 0 aliphatic carbocycles. The number of ether oxygens (including phenoxy) is 1. The third kappa shape index (κ3) is 4.60. The Morgan fingerprint density at radius 1 is 1.07 bits per heavy atom. The van der Waals surface area contributed by atoms with Crippen molar-refractivity contribution >= 4 is 28.9 Å². The molecule has 0 fully saturated rings. The number of anilines is 1. The van der Waals surface area contributed by atoms with Crippen molar-refractivity contribution < 1.29 is 14.3 Å². The molecule has 2 aromatic carbocycles. The first-order valence-corrected chi connectivity index (χ1v) is 9.33. The van der Waals surface area contributed by atoms with Crippen LogP contribution in [-0.4, -0.2) is 23.5 Å². The SMILES string of the molecule is Cc1ccc(C)c(NC(=O)COC(=O)c2sc(C)nc2-c2ccccc2)c1. The van der Waals surface area contributed by atoms with Gasteiger partial charge in [-0.25, -0.2) is 9.78 Å². The molecule has 0 atom stereocenters. The van der Waals surface area contributed by atoms with Crippen molar-refractivity contribution in [3.05, 3.63) is 69.5 Å². The van der Waals surface area contributed by atoms with Crippen LogP contribution >= 0.6 is 11.3 Å². The second-order valence-electron chi connectivity index (χ2n) is 6.22. The van der Waals surface area contributed by atoms with Crippen LogP contribution in [0.3, 0.4) is 0 Å². The first kappa shape index (κ1) is 18.8. The van der Waals surface area contributed by atoms with Gasteiger partial charge in [0.15, 0.2) is 6.61 Å². The van der Waals surface area contributed by atoms with Crippen molar-refractivity contribution in [2.24, 2.45) is 0 Å². The van der Waals surface area contributed by atoms with E-state index in [1.165, 1.54) is 11.3 Å². The molecule has 0 spiro atoms. The van der Waals surface area contributed by atoms with E-state index in [0.717, 1.165) is 27.4 Å². The molecule has 0 radical (unpaired) electrons. The van der Waals surface area contributed by atoms with E-state index >= 15 is 0 Å². The summed E-state index contributed by atoms with van der Waals surface area (Å²) in [5.41, 5.74) is 4.13. The molecular formula is C21H20N2O3S. The van der Waals surface area contributed by atoms with Crippen molar-refractivity contribution in [3.8, 4) is 11.3 Å². The number of nitrogens with one attached hydrogen (secondary N) is 1. The van der Waals surface area contributed by atoms with Crippen LogP contribution in [0.1, 0.15) is 25.8 Å². The summed E-state index contributed by atoms with van der Waals surface area (Å²) in [6, 6.07) is 15.2. The zero-order valence-corrected chi connectivity index (χ0v) is 16.2. The minimum absolute atomic E-state index is 0.350. The molecule has 0 unspecified atom stereocenters. The van der Waals surface area contributed by atoms with Gasteiger partial charge >= 0.3 is 5.97 Å². The number of aromatic nitrogens is 1. The fraction of sp³-hybridized carbons (Fsp3) is 0.190. The van der Waals surface area contributed by atoms with Crippen molar-refractivity contribution in [2.75, 3.05) is 11.9 Å². The maximum Gasteiger partial charge on any atom is 0.351 e. The Morgan fingerprint density at radius 2 is 1.81 bits per heavy atom. The Morgan fingerprint density at radius 3 is 2.56 bits per heavy atom. The van der Waals surface area contributed by atoms with E-state index in [4.69, 9.17) is 4.74 Å². The third-order valence-electron chi connectivity index (χ3n) is 3.97. The van der Waals surface area contributed by atoms with Gasteiger partial charge in [0.1, 0.15) is 4.88 Å². The van der Waals surface area contributed by atoms with Gasteiger partial charge in [-0.05, 0) is 38.0 Å². The maximum absolute atomic E-state index is 12.5. The lowest BCUT2D eigenvalue weighted by Gasteiger charge is -2.10. The normalized spacial score (nSPS) is 10.5. The second kappa shape index (κ2) is 8.14. The molecule has 3 aromatic rings. The summed E-state index contributed by atoms with van der Waals surface area (Å²) in [6.45, 7) is 5.35. The zero-order valence-electron chi connectivity index (χ0n) is 15.4. The van der Waals surface area contributed by atoms with E-state index in [1.807, 2.05) is 69.3 Å². The minimum atomic E-state index is -0.546. The highest BCUT2D eigenvalue weighted by molar-refractivity contribution is 7.14. The summed E-state index contributed by atoms with van der Waals surface area (Å²) in [7, 11) is 0. The number of nitrogens with zero attached hydrogens (tertiary/aromatic N) is 1. The van der Waals surface area contributed by atoms with E-state index in [9.17, 15) is 9.59 Å². The molecule has 1 heterocycles. The Balaban J connectivity index is 1.68. The number of hydrogen-bond donors (Lipinski definition) is 1. The average molecular weight is 380 g/mol. The van der Waals surface area contributed by atoms with Crippen LogP contribution in [0.4, 0.5) is 5.69 Å². The van der Waals surface area contributed by atoms with Crippen LogP contribution < -0.4 is 5.32 Å². The lowest BCUT2D eigenvalue weighted by atomic mass is 10.1. The molecule has 0 aliphatic rings. The van der Waals surface area contributed by atoms with Crippen LogP contribution in [0.5, 0.6) is 0 Å². The van der Waals surface area contributed by atoms with Crippen molar-refractivity contribution in [3.63, 3.8) is 0 Å². The number of aryl methyl sites for hydroxylation is 3. The standard InChI is InChI=1S/C21H20N2O3S/c1-13-9-10-14(2)17(11-13)23-18(24)12-26-21(25)20-19(22-15(3)27-20)16-7-5-4-6-8-16/h4-11H,12H2,1-3H3,(H,23,24). The van der Waals surface area contributed by atoms with Crippen molar-refractivity contribution in [1.82, 2.24) is 4.98 Å². The predicted octanol–water partition coefficient (Wildman–Crippen LogP) is 4.53. The summed E-state index contributed by atoms with van der Waals surface area (Å²) < 4.78 is 5.23. The molecule has 6 heteroatoms. The minimum Gasteiger partial charge on any atom is -0.451 e. The summed E-state index contributed by atoms with van der Waals surface area (Å²) in [5, 5.41) is 3.55. The highest BCUT2D eigenvalue weighted by Gasteiger charge is 2.20. The Kier molecular flexibility index (Phi) is 5.66. The van der Waals surface area contributed by atoms with Crippen LogP contribution in [0.2, 0.25) is 0 Å². The van der Waals surface area contributed by atoms with E-state index in [-0.39, 0.29) is 12.5 Å². The molecule has 5 nitrogen and oxygen atoms in total. The second-order valence-corrected chi connectivity index (χ2v) is 7.42. The molecule has 0 saturated heterocycles. The van der Waals surface area contributed by atoms with Crippen LogP contribution in [0.15, 0.2) is 48.5 Å². The number of esters is 1. The van der Waals surface area contributed by atoms with Gasteiger partial charge < -0.3 is 10.1 Å². The van der Waals surface area contributed by atoms with E-state index in [1.54, 1.807) is 0 Å². The molecule has 1 aromatic heterocycles. The first-order valence-electron chi connectivity index (χ1n) is 8.51. The van der Waals surface area contributed by atoms with Crippen LogP contribution in [0, 0.1) is 20.8 Å². The number of rotatable bonds is 5. The van der Waals surface area contributed by atoms with Gasteiger partial charge in [0.25, 0.3) is 5.91 Å². The van der Waals surface area contributed by atoms with Crippen LogP contribution in [0.25, 0.3) is 11.3 Å². The highest BCUT2D eigenvalue weighted by atomic mass is 32.1. The van der Waals surface area contributed by atoms with Gasteiger partial charge in [-0.3, -0.25) is 4.79 Å². The van der Waals surface area contributed by atoms with Crippen molar-refractivity contribution in [1.29, 1.82) is 0 Å². The summed E-state index contributed by atoms with van der Waals surface area (Å²) >= 11 is 1.26. The van der Waals surface area contributed by atoms with E-state index < -0.39 is 5.97 Å². The van der Waals surface area contributed by atoms with Crippen LogP contribution in [-0.2, 0) is 9.53 Å². The largest absolute Gasteiger partial charge is 0.451 e. The van der Waals surface area contributed by atoms with Crippen molar-refractivity contribution in [2.45, 2.75) is 20.8 Å². The lowest BCUT2D eigenvalue weighted by molar-refractivity contribution is -0.119. The van der Waals surface area contributed by atoms with Gasteiger partial charge in [-0.2, -0.15) is 0 Å². The lowest BCUT2D eigenvalue weighted by Crippen LogP contribution is -2.21. The van der Waals surface area contributed by atoms with E-state index in [0.29, 0.717) is 10.6 Å². The van der Waals surface area contributed by atoms with Gasteiger partial charge in [0.05, 0.1) is 10.7 Å². The highest BCUT2D eigenvalue weighted by Crippen LogP contribution is 2.28. The quantitative estimate of drug-likeness (QED) is 0.660. The molecule has 27 heavy (non-hydrogen) atoms. The Labute approximate surface area is 162 Å². The van der Waals surface area contributed by atoms with Gasteiger partial charge in [0.2, 0.25) is 0 Å². The Bertz CT molecular complexity index is 980.